The molecule has 0 aromatic rings. The van der Waals surface area contributed by atoms with E-state index in [9.17, 15) is 4.79 Å². The van der Waals surface area contributed by atoms with Crippen molar-refractivity contribution in [2.24, 2.45) is 28.6 Å². The van der Waals surface area contributed by atoms with Gasteiger partial charge in [0, 0.05) is 11.8 Å². The Morgan fingerprint density at radius 3 is 2.76 bits per heavy atom. The lowest BCUT2D eigenvalue weighted by molar-refractivity contribution is -0.124. The van der Waals surface area contributed by atoms with Crippen molar-refractivity contribution >= 4 is 5.78 Å². The van der Waals surface area contributed by atoms with E-state index in [0.29, 0.717) is 17.1 Å². The van der Waals surface area contributed by atoms with Gasteiger partial charge < -0.3 is 0 Å². The minimum Gasteiger partial charge on any atom is -0.299 e. The number of hydrogen-bond acceptors (Lipinski definition) is 1. The largest absolute Gasteiger partial charge is 0.299 e. The van der Waals surface area contributed by atoms with Crippen LogP contribution >= 0.6 is 0 Å². The molecule has 0 bridgehead atoms. The smallest absolute Gasteiger partial charge is 0.143 e. The van der Waals surface area contributed by atoms with E-state index in [0.717, 1.165) is 31.1 Å². The van der Waals surface area contributed by atoms with E-state index >= 15 is 0 Å². The van der Waals surface area contributed by atoms with Crippen LogP contribution in [0.3, 0.4) is 0 Å². The minimum atomic E-state index is -0.0826. The Bertz CT molecular complexity index is 554. The van der Waals surface area contributed by atoms with Gasteiger partial charge in [-0.05, 0) is 68.6 Å². The zero-order chi connectivity index (χ0) is 14.8. The van der Waals surface area contributed by atoms with Gasteiger partial charge in [0.05, 0.1) is 0 Å². The zero-order valence-electron chi connectivity index (χ0n) is 13.7. The predicted molar refractivity (Wildman–Crippen MR) is 85.9 cm³/mol. The van der Waals surface area contributed by atoms with Crippen molar-refractivity contribution in [1.29, 1.82) is 0 Å². The van der Waals surface area contributed by atoms with E-state index in [1.807, 2.05) is 0 Å². The molecule has 4 aliphatic carbocycles. The first kappa shape index (κ1) is 13.8. The van der Waals surface area contributed by atoms with Crippen LogP contribution in [-0.4, -0.2) is 5.78 Å². The maximum atomic E-state index is 12.4. The maximum Gasteiger partial charge on any atom is 0.143 e. The maximum absolute atomic E-state index is 12.4. The van der Waals surface area contributed by atoms with Gasteiger partial charge in [0.25, 0.3) is 0 Å². The molecule has 0 heterocycles. The molecule has 0 N–H and O–H groups in total. The second-order valence-corrected chi connectivity index (χ2v) is 8.52. The van der Waals surface area contributed by atoms with Crippen molar-refractivity contribution in [3.05, 3.63) is 23.3 Å². The number of carbonyl (C=O) groups excluding carboxylic acids is 1. The Balaban J connectivity index is 1.79. The highest BCUT2D eigenvalue weighted by Gasteiger charge is 2.53. The van der Waals surface area contributed by atoms with Gasteiger partial charge >= 0.3 is 0 Å². The highest BCUT2D eigenvalue weighted by Crippen LogP contribution is 2.61. The summed E-state index contributed by atoms with van der Waals surface area (Å²) >= 11 is 0. The molecule has 3 unspecified atom stereocenters. The molecule has 4 aliphatic rings. The molecule has 0 aromatic heterocycles. The quantitative estimate of drug-likeness (QED) is 0.567. The lowest BCUT2D eigenvalue weighted by Crippen LogP contribution is -2.45. The summed E-state index contributed by atoms with van der Waals surface area (Å²) in [4.78, 5) is 12.4. The van der Waals surface area contributed by atoms with Crippen LogP contribution in [0.4, 0.5) is 0 Å². The van der Waals surface area contributed by atoms with Crippen molar-refractivity contribution in [2.75, 3.05) is 0 Å². The van der Waals surface area contributed by atoms with Crippen LogP contribution in [0.5, 0.6) is 0 Å². The average molecular weight is 284 g/mol. The van der Waals surface area contributed by atoms with Gasteiger partial charge in [0.1, 0.15) is 5.78 Å². The van der Waals surface area contributed by atoms with Gasteiger partial charge in [-0.25, -0.2) is 0 Å². The number of rotatable bonds is 0. The van der Waals surface area contributed by atoms with Crippen LogP contribution in [0.1, 0.15) is 65.7 Å². The van der Waals surface area contributed by atoms with Crippen LogP contribution in [0, 0.1) is 28.6 Å². The molecule has 2 saturated carbocycles. The molecule has 0 spiro atoms. The van der Waals surface area contributed by atoms with Crippen LogP contribution in [0.15, 0.2) is 23.3 Å². The van der Waals surface area contributed by atoms with Crippen molar-refractivity contribution in [2.45, 2.75) is 65.7 Å². The van der Waals surface area contributed by atoms with Gasteiger partial charge in [0.2, 0.25) is 0 Å². The molecule has 1 heteroatoms. The normalized spacial score (nSPS) is 48.9. The number of fused-ring (bicyclic) bond motifs is 4. The molecule has 0 aromatic carbocycles. The van der Waals surface area contributed by atoms with Gasteiger partial charge in [-0.1, -0.05) is 37.1 Å². The summed E-state index contributed by atoms with van der Waals surface area (Å²) in [6, 6.07) is 0. The zero-order valence-corrected chi connectivity index (χ0v) is 13.7. The Morgan fingerprint density at radius 1 is 1.14 bits per heavy atom. The SMILES string of the molecule is CC1C=C[C@@]2(C)C(CCC3=C4CCC(=O)[C@@]4(C)CCC32)C1. The second-order valence-electron chi connectivity index (χ2n) is 8.52. The molecule has 4 rings (SSSR count). The fourth-order valence-electron chi connectivity index (χ4n) is 6.04. The van der Waals surface area contributed by atoms with Crippen molar-refractivity contribution in [3.8, 4) is 0 Å². The minimum absolute atomic E-state index is 0.0826. The summed E-state index contributed by atoms with van der Waals surface area (Å²) in [5, 5.41) is 0. The van der Waals surface area contributed by atoms with Gasteiger partial charge in [-0.2, -0.15) is 0 Å². The average Bonchev–Trinajstić information content (AvgIpc) is 2.76. The molecular weight excluding hydrogens is 256 g/mol. The number of hydrogen-bond donors (Lipinski definition) is 0. The van der Waals surface area contributed by atoms with E-state index in [4.69, 9.17) is 0 Å². The van der Waals surface area contributed by atoms with E-state index in [1.54, 1.807) is 11.1 Å². The van der Waals surface area contributed by atoms with E-state index in [2.05, 4.69) is 32.9 Å². The van der Waals surface area contributed by atoms with Crippen LogP contribution in [0.2, 0.25) is 0 Å². The molecule has 1 nitrogen and oxygen atoms in total. The van der Waals surface area contributed by atoms with Gasteiger partial charge in [-0.3, -0.25) is 4.79 Å². The third-order valence-corrected chi connectivity index (χ3v) is 7.46. The molecule has 0 aliphatic heterocycles. The summed E-state index contributed by atoms with van der Waals surface area (Å²) in [5.74, 6) is 2.84. The molecule has 0 radical (unpaired) electrons. The lowest BCUT2D eigenvalue weighted by Gasteiger charge is -2.53. The first-order valence-corrected chi connectivity index (χ1v) is 8.90. The second kappa shape index (κ2) is 4.33. The first-order valence-electron chi connectivity index (χ1n) is 8.90. The van der Waals surface area contributed by atoms with Crippen molar-refractivity contribution in [3.63, 3.8) is 0 Å². The third kappa shape index (κ3) is 1.72. The summed E-state index contributed by atoms with van der Waals surface area (Å²) < 4.78 is 0. The van der Waals surface area contributed by atoms with Gasteiger partial charge in [-0.15, -0.1) is 0 Å². The molecule has 0 amide bonds. The Hall–Kier alpha value is -0.850. The Morgan fingerprint density at radius 2 is 1.95 bits per heavy atom. The Kier molecular flexibility index (Phi) is 2.85. The lowest BCUT2D eigenvalue weighted by atomic mass is 9.51. The highest BCUT2D eigenvalue weighted by atomic mass is 16.1. The van der Waals surface area contributed by atoms with Crippen LogP contribution in [-0.2, 0) is 4.79 Å². The summed E-state index contributed by atoms with van der Waals surface area (Å²) in [6.45, 7) is 7.09. The first-order chi connectivity index (χ1) is 9.95. The molecule has 5 atom stereocenters. The third-order valence-electron chi connectivity index (χ3n) is 7.46. The van der Waals surface area contributed by atoms with Crippen molar-refractivity contribution < 1.29 is 4.79 Å². The Labute approximate surface area is 128 Å². The fraction of sp³-hybridized carbons (Fsp3) is 0.750. The summed E-state index contributed by atoms with van der Waals surface area (Å²) in [6.07, 6.45) is 13.2. The monoisotopic (exact) mass is 284 g/mol. The molecular formula is C20H28O. The van der Waals surface area contributed by atoms with Crippen molar-refractivity contribution in [1.82, 2.24) is 0 Å². The van der Waals surface area contributed by atoms with Crippen LogP contribution < -0.4 is 0 Å². The van der Waals surface area contributed by atoms with E-state index in [1.165, 1.54) is 25.7 Å². The van der Waals surface area contributed by atoms with Gasteiger partial charge in [0.15, 0.2) is 0 Å². The molecule has 2 fully saturated rings. The number of allylic oxidation sites excluding steroid dienone is 4. The fourth-order valence-corrected chi connectivity index (χ4v) is 6.04. The number of carbonyl (C=O) groups is 1. The number of ketones is 1. The summed E-state index contributed by atoms with van der Waals surface area (Å²) in [5.41, 5.74) is 3.55. The van der Waals surface area contributed by atoms with Crippen LogP contribution in [0.25, 0.3) is 0 Å². The predicted octanol–water partition coefficient (Wildman–Crippen LogP) is 5.07. The summed E-state index contributed by atoms with van der Waals surface area (Å²) in [7, 11) is 0. The van der Waals surface area contributed by atoms with E-state index < -0.39 is 0 Å². The topological polar surface area (TPSA) is 17.1 Å². The molecule has 0 saturated heterocycles. The standard InChI is InChI=1S/C20H28O/c1-13-8-10-19(2)14(12-13)4-5-15-16-6-7-18(21)20(16,3)11-9-17(15)19/h8,10,13-14,17H,4-7,9,11-12H2,1-3H3/t13?,14?,17?,19-,20-/m0/s1. The highest BCUT2D eigenvalue weighted by molar-refractivity contribution is 5.91. The number of Topliss-reactive ketones (excluding diaryl/α,β-unsaturated/α-hetero) is 1. The van der Waals surface area contributed by atoms with E-state index in [-0.39, 0.29) is 5.41 Å². The molecule has 21 heavy (non-hydrogen) atoms. The molecule has 114 valence electrons.